The van der Waals surface area contributed by atoms with Crippen molar-refractivity contribution in [1.82, 2.24) is 5.32 Å². The number of aryl methyl sites for hydroxylation is 1. The summed E-state index contributed by atoms with van der Waals surface area (Å²) >= 11 is 12.3. The van der Waals surface area contributed by atoms with E-state index in [9.17, 15) is 13.2 Å². The number of carbonyl (C=O) groups excluding carboxylic acids is 1. The second kappa shape index (κ2) is 10.1. The van der Waals surface area contributed by atoms with Gasteiger partial charge in [0, 0.05) is 23.6 Å². The van der Waals surface area contributed by atoms with Gasteiger partial charge < -0.3 is 16.0 Å². The molecule has 0 spiro atoms. The van der Waals surface area contributed by atoms with E-state index in [1.54, 1.807) is 31.2 Å². The lowest BCUT2D eigenvalue weighted by atomic mass is 10.0. The first kappa shape index (κ1) is 24.2. The van der Waals surface area contributed by atoms with Crippen molar-refractivity contribution in [1.29, 1.82) is 0 Å². The number of amides is 2. The first-order valence-corrected chi connectivity index (χ1v) is 13.0. The minimum absolute atomic E-state index is 0.0911. The third-order valence-corrected chi connectivity index (χ3v) is 7.74. The van der Waals surface area contributed by atoms with E-state index in [4.69, 9.17) is 23.2 Å². The van der Waals surface area contributed by atoms with Gasteiger partial charge in [-0.1, -0.05) is 35.3 Å². The molecular weight excluding hydrogens is 495 g/mol. The van der Waals surface area contributed by atoms with E-state index < -0.39 is 16.1 Å². The molecule has 0 unspecified atom stereocenters. The van der Waals surface area contributed by atoms with Crippen molar-refractivity contribution in [3.8, 4) is 0 Å². The van der Waals surface area contributed by atoms with E-state index in [1.165, 1.54) is 24.3 Å². The summed E-state index contributed by atoms with van der Waals surface area (Å²) in [4.78, 5) is 12.5. The van der Waals surface area contributed by atoms with Gasteiger partial charge in [0.15, 0.2) is 0 Å². The summed E-state index contributed by atoms with van der Waals surface area (Å²) in [5.41, 5.74) is 3.77. The number of carbonyl (C=O) groups is 1. The summed E-state index contributed by atoms with van der Waals surface area (Å²) < 4.78 is 28.3. The molecule has 4 N–H and O–H groups in total. The smallest absolute Gasteiger partial charge is 0.319 e. The highest BCUT2D eigenvalue weighted by atomic mass is 35.5. The fourth-order valence-corrected chi connectivity index (χ4v) is 5.29. The van der Waals surface area contributed by atoms with Crippen molar-refractivity contribution in [2.75, 3.05) is 21.9 Å². The van der Waals surface area contributed by atoms with Gasteiger partial charge >= 0.3 is 6.03 Å². The largest absolute Gasteiger partial charge is 0.385 e. The molecule has 3 aromatic carbocycles. The zero-order valence-corrected chi connectivity index (χ0v) is 20.7. The molecule has 1 aliphatic heterocycles. The van der Waals surface area contributed by atoms with Crippen LogP contribution in [0.4, 0.5) is 21.9 Å². The van der Waals surface area contributed by atoms with E-state index in [1.807, 2.05) is 12.1 Å². The molecule has 0 fully saturated rings. The van der Waals surface area contributed by atoms with Crippen LogP contribution in [-0.2, 0) is 16.4 Å². The van der Waals surface area contributed by atoms with E-state index in [0.717, 1.165) is 30.6 Å². The summed E-state index contributed by atoms with van der Waals surface area (Å²) in [6.45, 7) is 2.71. The topological polar surface area (TPSA) is 99.3 Å². The van der Waals surface area contributed by atoms with Crippen molar-refractivity contribution in [3.05, 3.63) is 81.8 Å². The number of hydrogen-bond donors (Lipinski definition) is 4. The SMILES string of the molecule is C[C@H](NC(=O)Nc1ccc(S(=O)(=O)Nc2ccc3c(c2)CCCN3)cc1)c1cccc(Cl)c1Cl. The Kier molecular flexibility index (Phi) is 7.21. The van der Waals surface area contributed by atoms with Gasteiger partial charge in [-0.2, -0.15) is 0 Å². The van der Waals surface area contributed by atoms with Crippen LogP contribution in [0.1, 0.15) is 30.5 Å². The number of sulfonamides is 1. The van der Waals surface area contributed by atoms with Crippen LogP contribution in [0.25, 0.3) is 0 Å². The highest BCUT2D eigenvalue weighted by Gasteiger charge is 2.17. The molecule has 3 aromatic rings. The average molecular weight is 519 g/mol. The molecule has 10 heteroatoms. The van der Waals surface area contributed by atoms with Gasteiger partial charge in [0.25, 0.3) is 10.0 Å². The van der Waals surface area contributed by atoms with Crippen LogP contribution in [-0.4, -0.2) is 21.0 Å². The van der Waals surface area contributed by atoms with Gasteiger partial charge in [-0.25, -0.2) is 13.2 Å². The molecule has 0 aromatic heterocycles. The van der Waals surface area contributed by atoms with Crippen LogP contribution >= 0.6 is 23.2 Å². The molecule has 0 saturated heterocycles. The Labute approximate surface area is 208 Å². The fourth-order valence-electron chi connectivity index (χ4n) is 3.77. The molecule has 4 rings (SSSR count). The number of urea groups is 1. The van der Waals surface area contributed by atoms with E-state index in [2.05, 4.69) is 20.7 Å². The lowest BCUT2D eigenvalue weighted by Crippen LogP contribution is -2.31. The van der Waals surface area contributed by atoms with Crippen LogP contribution in [0.15, 0.2) is 65.6 Å². The molecule has 1 heterocycles. The Balaban J connectivity index is 1.39. The van der Waals surface area contributed by atoms with Crippen LogP contribution < -0.4 is 20.7 Å². The van der Waals surface area contributed by atoms with Crippen LogP contribution in [0, 0.1) is 0 Å². The molecular formula is C24H24Cl2N4O3S. The first-order valence-electron chi connectivity index (χ1n) is 10.7. The Morgan fingerprint density at radius 2 is 1.76 bits per heavy atom. The molecule has 1 aliphatic rings. The standard InChI is InChI=1S/C24H24Cl2N4O3S/c1-15(20-5-2-6-21(25)23(20)26)28-24(31)29-17-7-10-19(11-8-17)34(32,33)30-18-9-12-22-16(14-18)4-3-13-27-22/h2,5-12,14-15,27,30H,3-4,13H2,1H3,(H2,28,29,31)/t15-/m0/s1. The van der Waals surface area contributed by atoms with Crippen molar-refractivity contribution >= 4 is 56.3 Å². The van der Waals surface area contributed by atoms with Crippen LogP contribution in [0.3, 0.4) is 0 Å². The molecule has 34 heavy (non-hydrogen) atoms. The Hall–Kier alpha value is -2.94. The lowest BCUT2D eigenvalue weighted by molar-refractivity contribution is 0.249. The van der Waals surface area contributed by atoms with Gasteiger partial charge in [0.2, 0.25) is 0 Å². The molecule has 2 amide bonds. The molecule has 0 radical (unpaired) electrons. The number of benzene rings is 3. The summed E-state index contributed by atoms with van der Waals surface area (Å²) in [6.07, 6.45) is 1.92. The minimum atomic E-state index is -3.77. The quantitative estimate of drug-likeness (QED) is 0.319. The zero-order valence-electron chi connectivity index (χ0n) is 18.4. The maximum atomic E-state index is 12.8. The van der Waals surface area contributed by atoms with Crippen LogP contribution in [0.2, 0.25) is 10.0 Å². The normalized spacial score (nSPS) is 13.9. The molecule has 1 atom stereocenters. The van der Waals surface area contributed by atoms with Gasteiger partial charge in [0.05, 0.1) is 21.0 Å². The average Bonchev–Trinajstić information content (AvgIpc) is 2.80. The van der Waals surface area contributed by atoms with Gasteiger partial charge in [-0.15, -0.1) is 0 Å². The minimum Gasteiger partial charge on any atom is -0.385 e. The third kappa shape index (κ3) is 5.58. The summed E-state index contributed by atoms with van der Waals surface area (Å²) in [7, 11) is -3.77. The Morgan fingerprint density at radius 3 is 2.53 bits per heavy atom. The number of nitrogens with one attached hydrogen (secondary N) is 4. The fraction of sp³-hybridized carbons (Fsp3) is 0.208. The molecule has 178 valence electrons. The van der Waals surface area contributed by atoms with E-state index in [-0.39, 0.29) is 10.9 Å². The van der Waals surface area contributed by atoms with Crippen molar-refractivity contribution in [3.63, 3.8) is 0 Å². The maximum Gasteiger partial charge on any atom is 0.319 e. The number of hydrogen-bond acceptors (Lipinski definition) is 4. The van der Waals surface area contributed by atoms with Crippen molar-refractivity contribution in [2.24, 2.45) is 0 Å². The monoisotopic (exact) mass is 518 g/mol. The number of rotatable bonds is 6. The molecule has 7 nitrogen and oxygen atoms in total. The van der Waals surface area contributed by atoms with E-state index in [0.29, 0.717) is 27.0 Å². The highest BCUT2D eigenvalue weighted by molar-refractivity contribution is 7.92. The van der Waals surface area contributed by atoms with Gasteiger partial charge in [0.1, 0.15) is 0 Å². The Morgan fingerprint density at radius 1 is 1.03 bits per heavy atom. The second-order valence-corrected chi connectivity index (χ2v) is 10.5. The van der Waals surface area contributed by atoms with Crippen molar-refractivity contribution in [2.45, 2.75) is 30.7 Å². The molecule has 0 bridgehead atoms. The Bertz CT molecular complexity index is 1310. The van der Waals surface area contributed by atoms with Crippen LogP contribution in [0.5, 0.6) is 0 Å². The predicted octanol–water partition coefficient (Wildman–Crippen LogP) is 6.04. The summed E-state index contributed by atoms with van der Waals surface area (Å²) in [5.74, 6) is 0. The summed E-state index contributed by atoms with van der Waals surface area (Å²) in [5, 5.41) is 9.57. The highest BCUT2D eigenvalue weighted by Crippen LogP contribution is 2.30. The van der Waals surface area contributed by atoms with Gasteiger partial charge in [-0.3, -0.25) is 4.72 Å². The lowest BCUT2D eigenvalue weighted by Gasteiger charge is -2.19. The second-order valence-electron chi connectivity index (χ2n) is 8.00. The number of anilines is 3. The van der Waals surface area contributed by atoms with E-state index >= 15 is 0 Å². The third-order valence-electron chi connectivity index (χ3n) is 5.51. The number of fused-ring (bicyclic) bond motifs is 1. The number of halogens is 2. The summed E-state index contributed by atoms with van der Waals surface area (Å²) in [6, 6.07) is 15.8. The molecule has 0 aliphatic carbocycles. The van der Waals surface area contributed by atoms with Gasteiger partial charge in [-0.05, 0) is 79.4 Å². The van der Waals surface area contributed by atoms with Crippen molar-refractivity contribution < 1.29 is 13.2 Å². The molecule has 0 saturated carbocycles. The zero-order chi connectivity index (χ0) is 24.3. The maximum absolute atomic E-state index is 12.8. The first-order chi connectivity index (χ1) is 16.2. The predicted molar refractivity (Wildman–Crippen MR) is 138 cm³/mol.